The van der Waals surface area contributed by atoms with Gasteiger partial charge in [0.15, 0.2) is 0 Å². The molecule has 2 atom stereocenters. The van der Waals surface area contributed by atoms with Crippen LogP contribution in [0.25, 0.3) is 0 Å². The van der Waals surface area contributed by atoms with Crippen LogP contribution in [0, 0.1) is 0 Å². The second-order valence-electron chi connectivity index (χ2n) is 2.88. The normalized spacial score (nSPS) is 39.3. The Kier molecular flexibility index (Phi) is 2.68. The minimum atomic E-state index is 0.524. The Morgan fingerprint density at radius 3 is 2.91 bits per heavy atom. The summed E-state index contributed by atoms with van der Waals surface area (Å²) in [5.41, 5.74) is 0. The summed E-state index contributed by atoms with van der Waals surface area (Å²) in [6, 6.07) is 0.524. The molecule has 2 rings (SSSR count). The lowest BCUT2D eigenvalue weighted by Crippen LogP contribution is -2.50. The molecular weight excluding hydrogens is 160 g/mol. The lowest BCUT2D eigenvalue weighted by Gasteiger charge is -2.28. The first-order chi connectivity index (χ1) is 5.47. The number of ether oxygens (including phenoxy) is 1. The van der Waals surface area contributed by atoms with Crippen LogP contribution in [0.5, 0.6) is 0 Å². The van der Waals surface area contributed by atoms with Gasteiger partial charge >= 0.3 is 0 Å². The molecule has 0 saturated carbocycles. The molecule has 64 valence electrons. The number of morpholine rings is 1. The fourth-order valence-electron chi connectivity index (χ4n) is 1.48. The molecule has 0 bridgehead atoms. The number of hydrogen-bond acceptors (Lipinski definition) is 4. The van der Waals surface area contributed by atoms with Crippen LogP contribution in [-0.2, 0) is 4.74 Å². The topological polar surface area (TPSA) is 33.3 Å². The first-order valence-corrected chi connectivity index (χ1v) is 5.18. The van der Waals surface area contributed by atoms with Crippen LogP contribution in [0.3, 0.4) is 0 Å². The molecule has 4 heteroatoms. The molecule has 3 nitrogen and oxygen atoms in total. The summed E-state index contributed by atoms with van der Waals surface area (Å²) in [4.78, 5) is 0. The first kappa shape index (κ1) is 7.86. The lowest BCUT2D eigenvalue weighted by molar-refractivity contribution is 0.0742. The quantitative estimate of drug-likeness (QED) is 0.568. The van der Waals surface area contributed by atoms with Crippen molar-refractivity contribution < 1.29 is 4.74 Å². The fourth-order valence-corrected chi connectivity index (χ4v) is 2.62. The molecular formula is C7H14N2OS. The maximum Gasteiger partial charge on any atom is 0.0711 e. The predicted molar refractivity (Wildman–Crippen MR) is 46.9 cm³/mol. The Morgan fingerprint density at radius 2 is 2.27 bits per heavy atom. The summed E-state index contributed by atoms with van der Waals surface area (Å²) in [7, 11) is 0. The molecule has 0 radical (unpaired) electrons. The molecule has 0 aliphatic carbocycles. The maximum atomic E-state index is 5.38. The van der Waals surface area contributed by atoms with Crippen molar-refractivity contribution in [3.05, 3.63) is 0 Å². The molecule has 0 aromatic rings. The van der Waals surface area contributed by atoms with Crippen molar-refractivity contribution in [3.63, 3.8) is 0 Å². The van der Waals surface area contributed by atoms with Gasteiger partial charge < -0.3 is 15.4 Å². The zero-order chi connectivity index (χ0) is 7.52. The second kappa shape index (κ2) is 3.76. The van der Waals surface area contributed by atoms with E-state index in [0.29, 0.717) is 11.4 Å². The van der Waals surface area contributed by atoms with Crippen molar-refractivity contribution in [2.45, 2.75) is 11.4 Å². The van der Waals surface area contributed by atoms with Crippen molar-refractivity contribution in [1.29, 1.82) is 0 Å². The van der Waals surface area contributed by atoms with Gasteiger partial charge in [0.1, 0.15) is 0 Å². The van der Waals surface area contributed by atoms with Crippen LogP contribution in [0.4, 0.5) is 0 Å². The van der Waals surface area contributed by atoms with E-state index in [0.717, 1.165) is 26.3 Å². The van der Waals surface area contributed by atoms with Crippen molar-refractivity contribution in [1.82, 2.24) is 10.6 Å². The SMILES string of the molecule is C1COCC(C2NCCS2)N1. The van der Waals surface area contributed by atoms with E-state index in [1.807, 2.05) is 11.8 Å². The summed E-state index contributed by atoms with van der Waals surface area (Å²) in [6.07, 6.45) is 0. The van der Waals surface area contributed by atoms with Gasteiger partial charge in [-0.05, 0) is 0 Å². The molecule has 0 spiro atoms. The van der Waals surface area contributed by atoms with E-state index >= 15 is 0 Å². The Hall–Kier alpha value is 0.230. The molecule has 2 saturated heterocycles. The van der Waals surface area contributed by atoms with E-state index in [1.54, 1.807) is 0 Å². The molecule has 2 aliphatic heterocycles. The van der Waals surface area contributed by atoms with Gasteiger partial charge in [0, 0.05) is 18.8 Å². The minimum absolute atomic E-state index is 0.524. The van der Waals surface area contributed by atoms with Crippen molar-refractivity contribution in [3.8, 4) is 0 Å². The molecule has 2 unspecified atom stereocenters. The van der Waals surface area contributed by atoms with Crippen LogP contribution in [-0.4, -0.2) is 43.5 Å². The summed E-state index contributed by atoms with van der Waals surface area (Å²) in [5.74, 6) is 1.24. The zero-order valence-electron chi connectivity index (χ0n) is 6.51. The van der Waals surface area contributed by atoms with Crippen LogP contribution in [0.15, 0.2) is 0 Å². The highest BCUT2D eigenvalue weighted by atomic mass is 32.2. The van der Waals surface area contributed by atoms with Gasteiger partial charge in [0.2, 0.25) is 0 Å². The van der Waals surface area contributed by atoms with Crippen LogP contribution in [0.2, 0.25) is 0 Å². The molecule has 0 aromatic carbocycles. The van der Waals surface area contributed by atoms with Crippen molar-refractivity contribution >= 4 is 11.8 Å². The highest BCUT2D eigenvalue weighted by Crippen LogP contribution is 2.18. The zero-order valence-corrected chi connectivity index (χ0v) is 7.32. The smallest absolute Gasteiger partial charge is 0.0711 e. The Bertz CT molecular complexity index is 122. The molecule has 2 heterocycles. The van der Waals surface area contributed by atoms with Gasteiger partial charge in [-0.2, -0.15) is 0 Å². The average Bonchev–Trinajstić information content (AvgIpc) is 2.58. The first-order valence-electron chi connectivity index (χ1n) is 4.13. The van der Waals surface area contributed by atoms with Crippen LogP contribution in [0.1, 0.15) is 0 Å². The van der Waals surface area contributed by atoms with Gasteiger partial charge in [-0.3, -0.25) is 0 Å². The standard InChI is InChI=1S/C7H14N2OS/c1-3-10-5-6(8-1)7-9-2-4-11-7/h6-9H,1-5H2. The largest absolute Gasteiger partial charge is 0.378 e. The number of thioether (sulfide) groups is 1. The number of nitrogens with one attached hydrogen (secondary N) is 2. The van der Waals surface area contributed by atoms with E-state index < -0.39 is 0 Å². The molecule has 2 N–H and O–H groups in total. The third kappa shape index (κ3) is 1.87. The van der Waals surface area contributed by atoms with Crippen molar-refractivity contribution in [2.24, 2.45) is 0 Å². The Morgan fingerprint density at radius 1 is 1.27 bits per heavy atom. The fraction of sp³-hybridized carbons (Fsp3) is 1.00. The molecule has 2 fully saturated rings. The van der Waals surface area contributed by atoms with Crippen molar-refractivity contribution in [2.75, 3.05) is 32.1 Å². The lowest BCUT2D eigenvalue weighted by atomic mass is 10.3. The molecule has 11 heavy (non-hydrogen) atoms. The van der Waals surface area contributed by atoms with E-state index in [1.165, 1.54) is 5.75 Å². The monoisotopic (exact) mass is 174 g/mol. The van der Waals surface area contributed by atoms with E-state index in [2.05, 4.69) is 10.6 Å². The average molecular weight is 174 g/mol. The molecule has 2 aliphatic rings. The van der Waals surface area contributed by atoms with Gasteiger partial charge in [-0.25, -0.2) is 0 Å². The minimum Gasteiger partial charge on any atom is -0.378 e. The van der Waals surface area contributed by atoms with Crippen LogP contribution >= 0.6 is 11.8 Å². The third-order valence-corrected chi connectivity index (χ3v) is 3.35. The number of rotatable bonds is 1. The summed E-state index contributed by atoms with van der Waals surface area (Å²) >= 11 is 2.00. The van der Waals surface area contributed by atoms with Gasteiger partial charge in [0.05, 0.1) is 24.6 Å². The van der Waals surface area contributed by atoms with Crippen LogP contribution < -0.4 is 10.6 Å². The Labute approximate surface area is 71.3 Å². The maximum absolute atomic E-state index is 5.38. The molecule has 0 aromatic heterocycles. The highest BCUT2D eigenvalue weighted by Gasteiger charge is 2.26. The molecule has 0 amide bonds. The highest BCUT2D eigenvalue weighted by molar-refractivity contribution is 8.00. The van der Waals surface area contributed by atoms with E-state index in [9.17, 15) is 0 Å². The van der Waals surface area contributed by atoms with E-state index in [-0.39, 0.29) is 0 Å². The van der Waals surface area contributed by atoms with E-state index in [4.69, 9.17) is 4.74 Å². The van der Waals surface area contributed by atoms with Gasteiger partial charge in [0.25, 0.3) is 0 Å². The summed E-state index contributed by atoms with van der Waals surface area (Å²) < 4.78 is 5.38. The second-order valence-corrected chi connectivity index (χ2v) is 4.13. The third-order valence-electron chi connectivity index (χ3n) is 2.06. The van der Waals surface area contributed by atoms with Gasteiger partial charge in [-0.1, -0.05) is 0 Å². The Balaban J connectivity index is 1.82. The summed E-state index contributed by atoms with van der Waals surface area (Å²) in [5, 5.41) is 7.48. The number of hydrogen-bond donors (Lipinski definition) is 2. The summed E-state index contributed by atoms with van der Waals surface area (Å²) in [6.45, 7) is 3.88. The van der Waals surface area contributed by atoms with Gasteiger partial charge in [-0.15, -0.1) is 11.8 Å². The predicted octanol–water partition coefficient (Wildman–Crippen LogP) is -0.363.